The van der Waals surface area contributed by atoms with Crippen molar-refractivity contribution in [2.75, 3.05) is 14.2 Å². The highest BCUT2D eigenvalue weighted by Gasteiger charge is 2.21. The zero-order valence-electron chi connectivity index (χ0n) is 18.5. The number of hydrogen-bond donors (Lipinski definition) is 0. The molecule has 0 spiro atoms. The van der Waals surface area contributed by atoms with Gasteiger partial charge in [-0.05, 0) is 59.2 Å². The molecule has 0 heterocycles. The summed E-state index contributed by atoms with van der Waals surface area (Å²) in [7, 11) is 2.87. The summed E-state index contributed by atoms with van der Waals surface area (Å²) in [5.41, 5.74) is 6.21. The van der Waals surface area contributed by atoms with E-state index in [0.29, 0.717) is 18.1 Å². The third-order valence-electron chi connectivity index (χ3n) is 5.99. The van der Waals surface area contributed by atoms with Crippen LogP contribution < -0.4 is 4.74 Å². The van der Waals surface area contributed by atoms with Gasteiger partial charge in [0, 0.05) is 5.92 Å². The van der Waals surface area contributed by atoms with Crippen LogP contribution in [0, 0.1) is 0 Å². The van der Waals surface area contributed by atoms with Crippen LogP contribution in [0.25, 0.3) is 5.57 Å². The van der Waals surface area contributed by atoms with Gasteiger partial charge in [0.05, 0.1) is 20.5 Å². The molecule has 4 rings (SSSR count). The molecule has 4 heteroatoms. The molecule has 4 nitrogen and oxygen atoms in total. The molecule has 1 aliphatic rings. The van der Waals surface area contributed by atoms with E-state index in [4.69, 9.17) is 14.2 Å². The first-order valence-corrected chi connectivity index (χ1v) is 10.9. The Bertz CT molecular complexity index is 1100. The second-order valence-electron chi connectivity index (χ2n) is 7.92. The maximum absolute atomic E-state index is 12.2. The number of fused-ring (bicyclic) bond motifs is 1. The van der Waals surface area contributed by atoms with Gasteiger partial charge >= 0.3 is 5.97 Å². The number of ether oxygens (including phenoxy) is 3. The van der Waals surface area contributed by atoms with Gasteiger partial charge in [-0.2, -0.15) is 0 Å². The second-order valence-corrected chi connectivity index (χ2v) is 7.92. The van der Waals surface area contributed by atoms with Crippen LogP contribution in [0.15, 0.2) is 79.1 Å². The number of benzene rings is 3. The van der Waals surface area contributed by atoms with Crippen LogP contribution in [0.3, 0.4) is 0 Å². The van der Waals surface area contributed by atoms with Crippen molar-refractivity contribution in [2.24, 2.45) is 0 Å². The van der Waals surface area contributed by atoms with Gasteiger partial charge in [-0.3, -0.25) is 0 Å². The van der Waals surface area contributed by atoms with E-state index in [2.05, 4.69) is 36.4 Å². The molecule has 1 atom stereocenters. The highest BCUT2D eigenvalue weighted by Crippen LogP contribution is 2.37. The number of esters is 1. The molecule has 1 unspecified atom stereocenters. The molecule has 1 aliphatic carbocycles. The number of carbonyl (C=O) groups excluding carboxylic acids is 1. The van der Waals surface area contributed by atoms with Gasteiger partial charge in [0.1, 0.15) is 17.9 Å². The normalized spacial score (nSPS) is 15.6. The highest BCUT2D eigenvalue weighted by molar-refractivity contribution is 6.16. The zero-order valence-corrected chi connectivity index (χ0v) is 18.5. The van der Waals surface area contributed by atoms with Crippen LogP contribution in [-0.2, 0) is 27.3 Å². The summed E-state index contributed by atoms with van der Waals surface area (Å²) in [5.74, 6) is 0.788. The Kier molecular flexibility index (Phi) is 6.90. The molecule has 0 aromatic heterocycles. The summed E-state index contributed by atoms with van der Waals surface area (Å²) < 4.78 is 16.1. The van der Waals surface area contributed by atoms with E-state index in [9.17, 15) is 4.79 Å². The van der Waals surface area contributed by atoms with Crippen molar-refractivity contribution in [2.45, 2.75) is 31.8 Å². The fourth-order valence-corrected chi connectivity index (χ4v) is 4.42. The SMILES string of the molecule is COC=C(C(=O)OC)c1ccccc1COc1ccc(C2CCCc3ccccc32)cc1. The summed E-state index contributed by atoms with van der Waals surface area (Å²) in [4.78, 5) is 12.2. The van der Waals surface area contributed by atoms with Gasteiger partial charge in [0.15, 0.2) is 0 Å². The number of carbonyl (C=O) groups is 1. The minimum absolute atomic E-state index is 0.333. The minimum atomic E-state index is -0.448. The third-order valence-corrected chi connectivity index (χ3v) is 5.99. The van der Waals surface area contributed by atoms with Gasteiger partial charge in [-0.25, -0.2) is 4.79 Å². The van der Waals surface area contributed by atoms with Crippen molar-refractivity contribution in [3.05, 3.63) is 107 Å². The molecule has 0 aliphatic heterocycles. The first-order valence-electron chi connectivity index (χ1n) is 10.9. The van der Waals surface area contributed by atoms with Crippen LogP contribution in [0.1, 0.15) is 46.6 Å². The van der Waals surface area contributed by atoms with E-state index in [1.165, 1.54) is 56.4 Å². The molecule has 0 N–H and O–H groups in total. The van der Waals surface area contributed by atoms with E-state index in [1.807, 2.05) is 36.4 Å². The van der Waals surface area contributed by atoms with E-state index >= 15 is 0 Å². The molecule has 3 aromatic rings. The van der Waals surface area contributed by atoms with Crippen molar-refractivity contribution in [3.63, 3.8) is 0 Å². The molecule has 0 saturated carbocycles. The molecule has 3 aromatic carbocycles. The van der Waals surface area contributed by atoms with Gasteiger partial charge in [-0.15, -0.1) is 0 Å². The van der Waals surface area contributed by atoms with E-state index in [0.717, 1.165) is 16.9 Å². The number of aryl methyl sites for hydroxylation is 1. The quantitative estimate of drug-likeness (QED) is 0.267. The minimum Gasteiger partial charge on any atom is -0.503 e. The molecule has 0 bridgehead atoms. The molecule has 0 fully saturated rings. The second kappa shape index (κ2) is 10.2. The summed E-state index contributed by atoms with van der Waals surface area (Å²) in [5, 5.41) is 0. The highest BCUT2D eigenvalue weighted by atomic mass is 16.5. The van der Waals surface area contributed by atoms with Crippen LogP contribution >= 0.6 is 0 Å². The first-order chi connectivity index (χ1) is 15.7. The standard InChI is InChI=1S/C28H28O4/c1-30-19-27(28(29)31-2)26-12-6-4-9-22(26)18-32-23-16-14-21(15-17-23)25-13-7-10-20-8-3-5-11-24(20)25/h3-6,8-9,11-12,14-17,19,25H,7,10,13,18H2,1-2H3. The van der Waals surface area contributed by atoms with Crippen molar-refractivity contribution in [3.8, 4) is 5.75 Å². The van der Waals surface area contributed by atoms with Gasteiger partial charge in [-0.1, -0.05) is 60.7 Å². The number of rotatable bonds is 7. The van der Waals surface area contributed by atoms with E-state index < -0.39 is 5.97 Å². The lowest BCUT2D eigenvalue weighted by molar-refractivity contribution is -0.133. The fourth-order valence-electron chi connectivity index (χ4n) is 4.42. The van der Waals surface area contributed by atoms with Gasteiger partial charge < -0.3 is 14.2 Å². The van der Waals surface area contributed by atoms with Crippen molar-refractivity contribution in [1.82, 2.24) is 0 Å². The Hall–Kier alpha value is -3.53. The Morgan fingerprint density at radius 1 is 0.969 bits per heavy atom. The Balaban J connectivity index is 1.50. The summed E-state index contributed by atoms with van der Waals surface area (Å²) in [6.45, 7) is 0.333. The van der Waals surface area contributed by atoms with Gasteiger partial charge in [0.2, 0.25) is 0 Å². The number of methoxy groups -OCH3 is 2. The Morgan fingerprint density at radius 2 is 1.72 bits per heavy atom. The number of hydrogen-bond acceptors (Lipinski definition) is 4. The van der Waals surface area contributed by atoms with Crippen molar-refractivity contribution < 1.29 is 19.0 Å². The average molecular weight is 429 g/mol. The molecule has 0 amide bonds. The lowest BCUT2D eigenvalue weighted by Crippen LogP contribution is -2.10. The molecule has 0 radical (unpaired) electrons. The maximum atomic E-state index is 12.2. The molecule has 164 valence electrons. The monoisotopic (exact) mass is 428 g/mol. The van der Waals surface area contributed by atoms with E-state index in [-0.39, 0.29) is 0 Å². The largest absolute Gasteiger partial charge is 0.503 e. The average Bonchev–Trinajstić information content (AvgIpc) is 2.86. The topological polar surface area (TPSA) is 44.8 Å². The predicted octanol–water partition coefficient (Wildman–Crippen LogP) is 5.89. The first kappa shape index (κ1) is 21.7. The summed E-state index contributed by atoms with van der Waals surface area (Å²) >= 11 is 0. The summed E-state index contributed by atoms with van der Waals surface area (Å²) in [6, 6.07) is 24.8. The maximum Gasteiger partial charge on any atom is 0.341 e. The zero-order chi connectivity index (χ0) is 22.3. The molecular weight excluding hydrogens is 400 g/mol. The van der Waals surface area contributed by atoms with Crippen molar-refractivity contribution in [1.29, 1.82) is 0 Å². The molecular formula is C28H28O4. The Morgan fingerprint density at radius 3 is 2.50 bits per heavy atom. The lowest BCUT2D eigenvalue weighted by Gasteiger charge is -2.26. The Labute approximate surface area is 189 Å². The van der Waals surface area contributed by atoms with Crippen LogP contribution in [0.2, 0.25) is 0 Å². The lowest BCUT2D eigenvalue weighted by atomic mass is 9.79. The van der Waals surface area contributed by atoms with Crippen LogP contribution in [0.4, 0.5) is 0 Å². The van der Waals surface area contributed by atoms with Crippen LogP contribution in [0.5, 0.6) is 5.75 Å². The molecule has 0 saturated heterocycles. The predicted molar refractivity (Wildman–Crippen MR) is 125 cm³/mol. The fraction of sp³-hybridized carbons (Fsp3) is 0.250. The van der Waals surface area contributed by atoms with Crippen LogP contribution in [-0.4, -0.2) is 20.2 Å². The third kappa shape index (κ3) is 4.70. The van der Waals surface area contributed by atoms with Gasteiger partial charge in [0.25, 0.3) is 0 Å². The van der Waals surface area contributed by atoms with Crippen molar-refractivity contribution >= 4 is 11.5 Å². The summed E-state index contributed by atoms with van der Waals surface area (Å²) in [6.07, 6.45) is 4.96. The molecule has 32 heavy (non-hydrogen) atoms. The van der Waals surface area contributed by atoms with E-state index in [1.54, 1.807) is 0 Å². The smallest absolute Gasteiger partial charge is 0.341 e.